The first-order valence-electron chi connectivity index (χ1n) is 11.5. The lowest BCUT2D eigenvalue weighted by Crippen LogP contribution is -2.52. The summed E-state index contributed by atoms with van der Waals surface area (Å²) in [7, 11) is -3.80. The number of amides is 2. The van der Waals surface area contributed by atoms with Crippen molar-refractivity contribution >= 4 is 50.7 Å². The van der Waals surface area contributed by atoms with Gasteiger partial charge in [-0.25, -0.2) is 8.42 Å². The van der Waals surface area contributed by atoms with Gasteiger partial charge >= 0.3 is 0 Å². The minimum Gasteiger partial charge on any atom is -0.352 e. The molecular formula is C25H31Cl2N3O4S. The summed E-state index contributed by atoms with van der Waals surface area (Å²) in [5, 5.41) is 4.06. The highest BCUT2D eigenvalue weighted by molar-refractivity contribution is 7.92. The van der Waals surface area contributed by atoms with E-state index in [9.17, 15) is 18.0 Å². The first kappa shape index (κ1) is 27.3. The normalized spacial score (nSPS) is 15.0. The van der Waals surface area contributed by atoms with Crippen LogP contribution in [0.1, 0.15) is 43.7 Å². The van der Waals surface area contributed by atoms with E-state index in [1.54, 1.807) is 56.3 Å². The average Bonchev–Trinajstić information content (AvgIpc) is 3.29. The van der Waals surface area contributed by atoms with Gasteiger partial charge in [-0.3, -0.25) is 13.9 Å². The summed E-state index contributed by atoms with van der Waals surface area (Å²) in [6, 6.07) is 11.1. The lowest BCUT2D eigenvalue weighted by atomic mass is 10.1. The lowest BCUT2D eigenvalue weighted by Gasteiger charge is -2.32. The molecule has 0 spiro atoms. The molecule has 1 aliphatic carbocycles. The summed E-state index contributed by atoms with van der Waals surface area (Å²) in [6.45, 7) is 3.08. The third-order valence-electron chi connectivity index (χ3n) is 6.24. The number of carbonyl (C=O) groups is 2. The van der Waals surface area contributed by atoms with Crippen LogP contribution in [0.25, 0.3) is 0 Å². The number of hydrogen-bond donors (Lipinski definition) is 1. The molecule has 2 aromatic carbocycles. The molecular weight excluding hydrogens is 509 g/mol. The maximum Gasteiger partial charge on any atom is 0.244 e. The number of benzene rings is 2. The zero-order valence-electron chi connectivity index (χ0n) is 20.1. The smallest absolute Gasteiger partial charge is 0.244 e. The van der Waals surface area contributed by atoms with Gasteiger partial charge in [-0.15, -0.1) is 0 Å². The van der Waals surface area contributed by atoms with Gasteiger partial charge in [-0.05, 0) is 68.1 Å². The number of aryl methyl sites for hydroxylation is 1. The Hall–Kier alpha value is -2.29. The van der Waals surface area contributed by atoms with E-state index in [1.165, 1.54) is 4.90 Å². The predicted molar refractivity (Wildman–Crippen MR) is 140 cm³/mol. The van der Waals surface area contributed by atoms with Crippen molar-refractivity contribution in [1.29, 1.82) is 0 Å². The van der Waals surface area contributed by atoms with Crippen molar-refractivity contribution in [2.24, 2.45) is 0 Å². The fourth-order valence-electron chi connectivity index (χ4n) is 4.25. The van der Waals surface area contributed by atoms with E-state index >= 15 is 0 Å². The van der Waals surface area contributed by atoms with Gasteiger partial charge in [0.2, 0.25) is 21.8 Å². The summed E-state index contributed by atoms with van der Waals surface area (Å²) < 4.78 is 26.4. The molecule has 190 valence electrons. The van der Waals surface area contributed by atoms with Crippen molar-refractivity contribution in [3.63, 3.8) is 0 Å². The van der Waals surface area contributed by atoms with Crippen molar-refractivity contribution in [1.82, 2.24) is 10.2 Å². The van der Waals surface area contributed by atoms with Crippen LogP contribution in [0.4, 0.5) is 5.69 Å². The number of carbonyl (C=O) groups excluding carboxylic acids is 2. The molecule has 0 bridgehead atoms. The summed E-state index contributed by atoms with van der Waals surface area (Å²) in [5.74, 6) is -0.749. The second kappa shape index (κ2) is 11.6. The minimum absolute atomic E-state index is 0.0988. The fraction of sp³-hybridized carbons (Fsp3) is 0.440. The molecule has 1 N–H and O–H groups in total. The number of nitrogens with zero attached hydrogens (tertiary/aromatic N) is 2. The third-order valence-corrected chi connectivity index (χ3v) is 7.86. The van der Waals surface area contributed by atoms with Crippen molar-refractivity contribution in [2.45, 2.75) is 58.2 Å². The number of sulfonamides is 1. The first-order chi connectivity index (χ1) is 16.5. The van der Waals surface area contributed by atoms with Gasteiger partial charge in [0, 0.05) is 22.6 Å². The second-order valence-electron chi connectivity index (χ2n) is 9.01. The van der Waals surface area contributed by atoms with Gasteiger partial charge in [0.05, 0.1) is 11.9 Å². The van der Waals surface area contributed by atoms with Gasteiger partial charge in [-0.1, -0.05) is 48.2 Å². The Kier molecular flexibility index (Phi) is 9.07. The maximum atomic E-state index is 13.6. The van der Waals surface area contributed by atoms with E-state index in [-0.39, 0.29) is 18.5 Å². The Morgan fingerprint density at radius 3 is 2.23 bits per heavy atom. The van der Waals surface area contributed by atoms with Crippen LogP contribution in [-0.4, -0.2) is 50.0 Å². The van der Waals surface area contributed by atoms with E-state index in [4.69, 9.17) is 23.2 Å². The summed E-state index contributed by atoms with van der Waals surface area (Å²) in [4.78, 5) is 28.1. The van der Waals surface area contributed by atoms with Crippen LogP contribution < -0.4 is 9.62 Å². The van der Waals surface area contributed by atoms with Crippen molar-refractivity contribution < 1.29 is 18.0 Å². The van der Waals surface area contributed by atoms with E-state index < -0.39 is 28.5 Å². The summed E-state index contributed by atoms with van der Waals surface area (Å²) in [6.07, 6.45) is 5.02. The van der Waals surface area contributed by atoms with Crippen LogP contribution in [0.15, 0.2) is 42.5 Å². The Balaban J connectivity index is 1.89. The summed E-state index contributed by atoms with van der Waals surface area (Å²) >= 11 is 12.0. The molecule has 0 saturated heterocycles. The quantitative estimate of drug-likeness (QED) is 0.506. The molecule has 7 nitrogen and oxygen atoms in total. The molecule has 2 aromatic rings. The second-order valence-corrected chi connectivity index (χ2v) is 11.8. The molecule has 1 aliphatic rings. The Bertz CT molecular complexity index is 1170. The van der Waals surface area contributed by atoms with Crippen LogP contribution in [0, 0.1) is 6.92 Å². The number of rotatable bonds is 9. The first-order valence-corrected chi connectivity index (χ1v) is 14.1. The number of halogens is 2. The fourth-order valence-corrected chi connectivity index (χ4v) is 5.51. The zero-order valence-corrected chi connectivity index (χ0v) is 22.5. The Labute approximate surface area is 217 Å². The SMILES string of the molecule is Cc1cc(Cl)ccc1N(CC(=O)N(Cc1ccc(Cl)cc1)[C@H](C)C(=O)NC1CCCC1)S(C)(=O)=O. The number of anilines is 1. The molecule has 0 radical (unpaired) electrons. The largest absolute Gasteiger partial charge is 0.352 e. The molecule has 0 unspecified atom stereocenters. The molecule has 2 amide bonds. The molecule has 35 heavy (non-hydrogen) atoms. The third kappa shape index (κ3) is 7.35. The minimum atomic E-state index is -3.80. The molecule has 0 heterocycles. The highest BCUT2D eigenvalue weighted by Crippen LogP contribution is 2.26. The molecule has 1 atom stereocenters. The number of hydrogen-bond acceptors (Lipinski definition) is 4. The molecule has 0 aliphatic heterocycles. The van der Waals surface area contributed by atoms with Crippen LogP contribution in [0.2, 0.25) is 10.0 Å². The predicted octanol–water partition coefficient (Wildman–Crippen LogP) is 4.54. The van der Waals surface area contributed by atoms with Crippen molar-refractivity contribution in [2.75, 3.05) is 17.1 Å². The zero-order chi connectivity index (χ0) is 25.8. The Morgan fingerprint density at radius 2 is 1.66 bits per heavy atom. The highest BCUT2D eigenvalue weighted by Gasteiger charge is 2.31. The molecule has 0 aromatic heterocycles. The lowest BCUT2D eigenvalue weighted by molar-refractivity contribution is -0.139. The van der Waals surface area contributed by atoms with Crippen LogP contribution in [0.3, 0.4) is 0 Å². The van der Waals surface area contributed by atoms with Crippen LogP contribution >= 0.6 is 23.2 Å². The van der Waals surface area contributed by atoms with E-state index in [2.05, 4.69) is 5.32 Å². The standard InChI is InChI=1S/C25H31Cl2N3O4S/c1-17-14-21(27)12-13-23(17)30(35(3,33)34)16-24(31)29(15-19-8-10-20(26)11-9-19)18(2)25(32)28-22-6-4-5-7-22/h8-14,18,22H,4-7,15-16H2,1-3H3,(H,28,32)/t18-/m1/s1. The van der Waals surface area contributed by atoms with Crippen LogP contribution in [-0.2, 0) is 26.2 Å². The monoisotopic (exact) mass is 539 g/mol. The van der Waals surface area contributed by atoms with Gasteiger partial charge in [0.15, 0.2) is 0 Å². The van der Waals surface area contributed by atoms with Crippen LogP contribution in [0.5, 0.6) is 0 Å². The molecule has 1 saturated carbocycles. The average molecular weight is 541 g/mol. The molecule has 3 rings (SSSR count). The number of nitrogens with one attached hydrogen (secondary N) is 1. The Morgan fingerprint density at radius 1 is 1.06 bits per heavy atom. The molecule has 10 heteroatoms. The summed E-state index contributed by atoms with van der Waals surface area (Å²) in [5.41, 5.74) is 1.75. The molecule has 1 fully saturated rings. The highest BCUT2D eigenvalue weighted by atomic mass is 35.5. The van der Waals surface area contributed by atoms with Crippen molar-refractivity contribution in [3.05, 3.63) is 63.6 Å². The van der Waals surface area contributed by atoms with Gasteiger partial charge in [0.1, 0.15) is 12.6 Å². The van der Waals surface area contributed by atoms with Gasteiger partial charge in [-0.2, -0.15) is 0 Å². The van der Waals surface area contributed by atoms with E-state index in [1.807, 2.05) is 0 Å². The van der Waals surface area contributed by atoms with E-state index in [0.717, 1.165) is 41.8 Å². The van der Waals surface area contributed by atoms with E-state index in [0.29, 0.717) is 21.3 Å². The van der Waals surface area contributed by atoms with Gasteiger partial charge in [0.25, 0.3) is 0 Å². The topological polar surface area (TPSA) is 86.8 Å². The maximum absolute atomic E-state index is 13.6. The van der Waals surface area contributed by atoms with Crippen molar-refractivity contribution in [3.8, 4) is 0 Å². The van der Waals surface area contributed by atoms with Gasteiger partial charge < -0.3 is 10.2 Å².